The zero-order valence-corrected chi connectivity index (χ0v) is 13.6. The Bertz CT molecular complexity index is 502. The Balaban J connectivity index is 1.46. The molecule has 0 saturated carbocycles. The van der Waals surface area contributed by atoms with Crippen molar-refractivity contribution in [3.05, 3.63) is 35.6 Å². The summed E-state index contributed by atoms with van der Waals surface area (Å²) in [6.07, 6.45) is 3.84. The zero-order chi connectivity index (χ0) is 15.4. The second kappa shape index (κ2) is 7.47. The maximum atomic E-state index is 12.9. The van der Waals surface area contributed by atoms with E-state index in [1.807, 2.05) is 16.7 Å². The number of nitrogens with one attached hydrogen (secondary N) is 1. The molecule has 2 aliphatic rings. The molecule has 0 radical (unpaired) electrons. The fourth-order valence-electron chi connectivity index (χ4n) is 3.21. The van der Waals surface area contributed by atoms with Crippen LogP contribution in [-0.4, -0.2) is 47.5 Å². The van der Waals surface area contributed by atoms with Crippen LogP contribution in [-0.2, 0) is 11.2 Å². The maximum Gasteiger partial charge on any atom is 0.224 e. The molecule has 2 aliphatic heterocycles. The van der Waals surface area contributed by atoms with Crippen LogP contribution in [0.4, 0.5) is 4.39 Å². The lowest BCUT2D eigenvalue weighted by Gasteiger charge is -2.26. The van der Waals surface area contributed by atoms with E-state index in [1.54, 1.807) is 12.1 Å². The molecule has 1 aromatic carbocycles. The van der Waals surface area contributed by atoms with E-state index in [9.17, 15) is 9.18 Å². The van der Waals surface area contributed by atoms with E-state index in [1.165, 1.54) is 36.5 Å². The summed E-state index contributed by atoms with van der Waals surface area (Å²) in [5, 5.41) is 3.66. The number of nitrogens with zero attached hydrogens (tertiary/aromatic N) is 1. The molecule has 0 bridgehead atoms. The second-order valence-corrected chi connectivity index (χ2v) is 7.40. The molecular formula is C17H23FN2OS. The molecule has 0 aromatic heterocycles. The standard InChI is InChI=1S/C17H23FN2OS/c18-14-3-1-13(2-4-14)5-8-20-12-16(11-17(20)21)19-15-6-9-22-10-7-15/h1-4,15-16,19H,5-12H2/t16-/m1/s1. The van der Waals surface area contributed by atoms with E-state index in [-0.39, 0.29) is 11.7 Å². The van der Waals surface area contributed by atoms with Crippen LogP contribution in [0.3, 0.4) is 0 Å². The number of thioether (sulfide) groups is 1. The van der Waals surface area contributed by atoms with Crippen molar-refractivity contribution in [3.63, 3.8) is 0 Å². The number of carbonyl (C=O) groups excluding carboxylic acids is 1. The summed E-state index contributed by atoms with van der Waals surface area (Å²) in [4.78, 5) is 14.1. The molecule has 22 heavy (non-hydrogen) atoms. The van der Waals surface area contributed by atoms with Gasteiger partial charge >= 0.3 is 0 Å². The monoisotopic (exact) mass is 322 g/mol. The number of hydrogen-bond donors (Lipinski definition) is 1. The van der Waals surface area contributed by atoms with Gasteiger partial charge in [-0.05, 0) is 48.5 Å². The maximum absolute atomic E-state index is 12.9. The first kappa shape index (κ1) is 15.8. The van der Waals surface area contributed by atoms with Crippen molar-refractivity contribution in [1.82, 2.24) is 10.2 Å². The molecule has 3 nitrogen and oxygen atoms in total. The van der Waals surface area contributed by atoms with Gasteiger partial charge in [-0.1, -0.05) is 12.1 Å². The Morgan fingerprint density at radius 2 is 1.91 bits per heavy atom. The molecule has 5 heteroatoms. The summed E-state index contributed by atoms with van der Waals surface area (Å²) in [6.45, 7) is 1.53. The predicted octanol–water partition coefficient (Wildman–Crippen LogP) is 2.45. The molecule has 1 N–H and O–H groups in total. The molecule has 0 spiro atoms. The van der Waals surface area contributed by atoms with Gasteiger partial charge in [0.15, 0.2) is 0 Å². The predicted molar refractivity (Wildman–Crippen MR) is 88.6 cm³/mol. The number of carbonyl (C=O) groups is 1. The first-order chi connectivity index (χ1) is 10.7. The van der Waals surface area contributed by atoms with E-state index in [2.05, 4.69) is 5.32 Å². The second-order valence-electron chi connectivity index (χ2n) is 6.17. The average molecular weight is 322 g/mol. The fourth-order valence-corrected chi connectivity index (χ4v) is 4.32. The van der Waals surface area contributed by atoms with E-state index < -0.39 is 0 Å². The molecule has 1 atom stereocenters. The molecule has 2 saturated heterocycles. The number of likely N-dealkylation sites (tertiary alicyclic amines) is 1. The van der Waals surface area contributed by atoms with Crippen LogP contribution in [0.15, 0.2) is 24.3 Å². The molecule has 0 unspecified atom stereocenters. The van der Waals surface area contributed by atoms with Gasteiger partial charge < -0.3 is 10.2 Å². The third-order valence-electron chi connectivity index (χ3n) is 4.49. The van der Waals surface area contributed by atoms with Crippen LogP contribution in [0.25, 0.3) is 0 Å². The van der Waals surface area contributed by atoms with Crippen molar-refractivity contribution in [2.75, 3.05) is 24.6 Å². The summed E-state index contributed by atoms with van der Waals surface area (Å²) in [6, 6.07) is 7.43. The van der Waals surface area contributed by atoms with Gasteiger partial charge in [0, 0.05) is 31.6 Å². The molecular weight excluding hydrogens is 299 g/mol. The minimum atomic E-state index is -0.212. The van der Waals surface area contributed by atoms with Crippen LogP contribution < -0.4 is 5.32 Å². The van der Waals surface area contributed by atoms with Crippen LogP contribution in [0, 0.1) is 5.82 Å². The van der Waals surface area contributed by atoms with Crippen LogP contribution in [0.2, 0.25) is 0 Å². The van der Waals surface area contributed by atoms with Gasteiger partial charge in [0.1, 0.15) is 5.82 Å². The SMILES string of the molecule is O=C1C[C@@H](NC2CCSCC2)CN1CCc1ccc(F)cc1. The van der Waals surface area contributed by atoms with Gasteiger partial charge in [-0.3, -0.25) is 4.79 Å². The van der Waals surface area contributed by atoms with Gasteiger partial charge in [-0.25, -0.2) is 4.39 Å². The third kappa shape index (κ3) is 4.23. The van der Waals surface area contributed by atoms with Crippen molar-refractivity contribution in [2.24, 2.45) is 0 Å². The number of rotatable bonds is 5. The average Bonchev–Trinajstić information content (AvgIpc) is 2.87. The van der Waals surface area contributed by atoms with Gasteiger partial charge in [0.05, 0.1) is 0 Å². The molecule has 2 fully saturated rings. The summed E-state index contributed by atoms with van der Waals surface area (Å²) in [5.74, 6) is 2.49. The Morgan fingerprint density at radius 3 is 2.64 bits per heavy atom. The largest absolute Gasteiger partial charge is 0.341 e. The number of halogens is 1. The van der Waals surface area contributed by atoms with Crippen molar-refractivity contribution in [3.8, 4) is 0 Å². The number of benzene rings is 1. The highest BCUT2D eigenvalue weighted by molar-refractivity contribution is 7.99. The number of hydrogen-bond acceptors (Lipinski definition) is 3. The first-order valence-corrected chi connectivity index (χ1v) is 9.22. The molecule has 1 amide bonds. The zero-order valence-electron chi connectivity index (χ0n) is 12.8. The Morgan fingerprint density at radius 1 is 1.18 bits per heavy atom. The quantitative estimate of drug-likeness (QED) is 0.904. The number of amides is 1. The highest BCUT2D eigenvalue weighted by Crippen LogP contribution is 2.20. The van der Waals surface area contributed by atoms with Crippen LogP contribution in [0.1, 0.15) is 24.8 Å². The van der Waals surface area contributed by atoms with Gasteiger partial charge in [-0.15, -0.1) is 0 Å². The van der Waals surface area contributed by atoms with Crippen LogP contribution >= 0.6 is 11.8 Å². The Kier molecular flexibility index (Phi) is 5.37. The lowest BCUT2D eigenvalue weighted by atomic mass is 10.1. The Labute approximate surface area is 135 Å². The lowest BCUT2D eigenvalue weighted by Crippen LogP contribution is -2.42. The van der Waals surface area contributed by atoms with Gasteiger partial charge in [0.25, 0.3) is 0 Å². The molecule has 120 valence electrons. The lowest BCUT2D eigenvalue weighted by molar-refractivity contribution is -0.127. The summed E-state index contributed by atoms with van der Waals surface area (Å²) < 4.78 is 12.9. The smallest absolute Gasteiger partial charge is 0.224 e. The van der Waals surface area contributed by atoms with Gasteiger partial charge in [0.2, 0.25) is 5.91 Å². The third-order valence-corrected chi connectivity index (χ3v) is 5.54. The van der Waals surface area contributed by atoms with E-state index >= 15 is 0 Å². The Hall–Kier alpha value is -1.07. The molecule has 0 aliphatic carbocycles. The summed E-state index contributed by atoms with van der Waals surface area (Å²) >= 11 is 2.02. The molecule has 3 rings (SSSR count). The molecule has 2 heterocycles. The minimum Gasteiger partial charge on any atom is -0.341 e. The highest BCUT2D eigenvalue weighted by Gasteiger charge is 2.30. The molecule has 1 aromatic rings. The van der Waals surface area contributed by atoms with Crippen molar-refractivity contribution in [2.45, 2.75) is 37.8 Å². The normalized spacial score (nSPS) is 23.2. The van der Waals surface area contributed by atoms with E-state index in [4.69, 9.17) is 0 Å². The summed E-state index contributed by atoms with van der Waals surface area (Å²) in [7, 11) is 0. The van der Waals surface area contributed by atoms with E-state index in [0.29, 0.717) is 18.5 Å². The minimum absolute atomic E-state index is 0.212. The van der Waals surface area contributed by atoms with Crippen molar-refractivity contribution < 1.29 is 9.18 Å². The van der Waals surface area contributed by atoms with Crippen molar-refractivity contribution in [1.29, 1.82) is 0 Å². The fraction of sp³-hybridized carbons (Fsp3) is 0.588. The summed E-state index contributed by atoms with van der Waals surface area (Å²) in [5.41, 5.74) is 1.08. The highest BCUT2D eigenvalue weighted by atomic mass is 32.2. The van der Waals surface area contributed by atoms with Gasteiger partial charge in [-0.2, -0.15) is 11.8 Å². The first-order valence-electron chi connectivity index (χ1n) is 8.07. The van der Waals surface area contributed by atoms with Crippen molar-refractivity contribution >= 4 is 17.7 Å². The van der Waals surface area contributed by atoms with Crippen LogP contribution in [0.5, 0.6) is 0 Å². The van der Waals surface area contributed by atoms with E-state index in [0.717, 1.165) is 25.1 Å². The topological polar surface area (TPSA) is 32.3 Å².